The van der Waals surface area contributed by atoms with Crippen LogP contribution in [-0.2, 0) is 12.8 Å². The van der Waals surface area contributed by atoms with Crippen molar-refractivity contribution in [1.29, 1.82) is 0 Å². The number of likely N-dealkylation sites (N-methyl/N-ethyl adjacent to an activating group) is 1. The Balaban J connectivity index is 1.26. The Morgan fingerprint density at radius 2 is 1.67 bits per heavy atom. The number of fused-ring (bicyclic) bond motifs is 3. The highest BCUT2D eigenvalue weighted by atomic mass is 16.3. The molecule has 2 aliphatic rings. The van der Waals surface area contributed by atoms with Crippen molar-refractivity contribution in [3.05, 3.63) is 95.1 Å². The molecule has 2 aliphatic carbocycles. The Bertz CT molecular complexity index is 1260. The zero-order valence-corrected chi connectivity index (χ0v) is 20.9. The molecule has 1 unspecified atom stereocenters. The summed E-state index contributed by atoms with van der Waals surface area (Å²) < 4.78 is 0. The molecular weight excluding hydrogens is 448 g/mol. The van der Waals surface area contributed by atoms with Crippen LogP contribution < -0.4 is 5.32 Å². The molecule has 0 saturated heterocycles. The molecule has 3 atom stereocenters. The highest BCUT2D eigenvalue weighted by Crippen LogP contribution is 2.48. The van der Waals surface area contributed by atoms with Gasteiger partial charge in [-0.15, -0.1) is 0 Å². The summed E-state index contributed by atoms with van der Waals surface area (Å²) >= 11 is 0. The van der Waals surface area contributed by atoms with E-state index in [1.165, 1.54) is 0 Å². The second-order valence-electron chi connectivity index (χ2n) is 10.2. The van der Waals surface area contributed by atoms with Gasteiger partial charge in [-0.25, -0.2) is 0 Å². The third kappa shape index (κ3) is 4.76. The molecule has 3 N–H and O–H groups in total. The van der Waals surface area contributed by atoms with E-state index in [0.717, 1.165) is 47.1 Å². The van der Waals surface area contributed by atoms with Crippen LogP contribution >= 0.6 is 0 Å². The van der Waals surface area contributed by atoms with Crippen LogP contribution in [0.1, 0.15) is 45.8 Å². The van der Waals surface area contributed by atoms with Crippen molar-refractivity contribution in [3.63, 3.8) is 0 Å². The van der Waals surface area contributed by atoms with Gasteiger partial charge in [0.25, 0.3) is 5.91 Å². The third-order valence-corrected chi connectivity index (χ3v) is 7.78. The van der Waals surface area contributed by atoms with Crippen LogP contribution in [0.15, 0.2) is 72.8 Å². The monoisotopic (exact) mass is 482 g/mol. The molecule has 0 heterocycles. The summed E-state index contributed by atoms with van der Waals surface area (Å²) in [7, 11) is 4.25. The SMILES string of the molecule is CN(C)[C@@H]1Cc2ccc(C(=O)NCCc3ccc(-c4ccc(O)cc4)cc3)c(O)c2C2CCC=C[C@H]21. The van der Waals surface area contributed by atoms with E-state index in [1.807, 2.05) is 18.2 Å². The fraction of sp³-hybridized carbons (Fsp3) is 0.323. The third-order valence-electron chi connectivity index (χ3n) is 7.78. The van der Waals surface area contributed by atoms with E-state index < -0.39 is 0 Å². The lowest BCUT2D eigenvalue weighted by Crippen LogP contribution is -2.43. The number of nitrogens with one attached hydrogen (secondary N) is 1. The first-order chi connectivity index (χ1) is 17.4. The summed E-state index contributed by atoms with van der Waals surface area (Å²) in [6, 6.07) is 19.6. The van der Waals surface area contributed by atoms with Gasteiger partial charge in [-0.3, -0.25) is 4.79 Å². The second-order valence-corrected chi connectivity index (χ2v) is 10.2. The Morgan fingerprint density at radius 1 is 0.972 bits per heavy atom. The number of amides is 1. The number of phenols is 2. The molecule has 0 bridgehead atoms. The molecule has 36 heavy (non-hydrogen) atoms. The lowest BCUT2D eigenvalue weighted by molar-refractivity contribution is 0.0950. The van der Waals surface area contributed by atoms with Gasteiger partial charge in [0.15, 0.2) is 0 Å². The summed E-state index contributed by atoms with van der Waals surface area (Å²) in [5.74, 6) is 0.782. The van der Waals surface area contributed by atoms with Crippen LogP contribution in [0.5, 0.6) is 11.5 Å². The minimum Gasteiger partial charge on any atom is -0.508 e. The number of phenolic OH excluding ortho intramolecular Hbond substituents is 2. The fourth-order valence-electron chi connectivity index (χ4n) is 5.84. The molecule has 0 aliphatic heterocycles. The molecule has 0 saturated carbocycles. The number of rotatable bonds is 6. The van der Waals surface area contributed by atoms with E-state index in [4.69, 9.17) is 0 Å². The number of hydrogen-bond donors (Lipinski definition) is 3. The predicted octanol–water partition coefficient (Wildman–Crippen LogP) is 5.27. The lowest BCUT2D eigenvalue weighted by atomic mass is 9.67. The number of hydrogen-bond acceptors (Lipinski definition) is 4. The number of aromatic hydroxyl groups is 2. The maximum Gasteiger partial charge on any atom is 0.255 e. The van der Waals surface area contributed by atoms with Crippen molar-refractivity contribution in [1.82, 2.24) is 10.2 Å². The molecule has 186 valence electrons. The predicted molar refractivity (Wildman–Crippen MR) is 143 cm³/mol. The van der Waals surface area contributed by atoms with E-state index in [-0.39, 0.29) is 23.3 Å². The standard InChI is InChI=1S/C31H34N2O3/c1-33(2)28-19-23-13-16-27(30(35)29(23)26-6-4-3-5-25(26)28)31(36)32-18-17-20-7-9-21(10-8-20)22-11-14-24(34)15-12-22/h3,5,7-16,25-26,28,34-35H,4,6,17-19H2,1-2H3,(H,32,36)/t25-,26?,28-/m1/s1. The van der Waals surface area contributed by atoms with Gasteiger partial charge in [0, 0.05) is 18.2 Å². The first-order valence-electron chi connectivity index (χ1n) is 12.8. The van der Waals surface area contributed by atoms with Crippen molar-refractivity contribution >= 4 is 5.91 Å². The summed E-state index contributed by atoms with van der Waals surface area (Å²) in [4.78, 5) is 15.3. The lowest BCUT2D eigenvalue weighted by Gasteiger charge is -2.43. The van der Waals surface area contributed by atoms with Gasteiger partial charge >= 0.3 is 0 Å². The van der Waals surface area contributed by atoms with Gasteiger partial charge in [0.2, 0.25) is 0 Å². The van der Waals surface area contributed by atoms with Crippen LogP contribution in [0.3, 0.4) is 0 Å². The first kappa shape index (κ1) is 24.1. The number of benzene rings is 3. The van der Waals surface area contributed by atoms with E-state index >= 15 is 0 Å². The number of carbonyl (C=O) groups is 1. The van der Waals surface area contributed by atoms with E-state index in [2.05, 4.69) is 60.7 Å². The molecule has 0 radical (unpaired) electrons. The topological polar surface area (TPSA) is 72.8 Å². The van der Waals surface area contributed by atoms with Crippen LogP contribution in [0.4, 0.5) is 0 Å². The fourth-order valence-corrected chi connectivity index (χ4v) is 5.84. The van der Waals surface area contributed by atoms with E-state index in [9.17, 15) is 15.0 Å². The molecule has 3 aromatic carbocycles. The van der Waals surface area contributed by atoms with Gasteiger partial charge in [-0.1, -0.05) is 54.6 Å². The van der Waals surface area contributed by atoms with Gasteiger partial charge in [-0.2, -0.15) is 0 Å². The van der Waals surface area contributed by atoms with Crippen LogP contribution in [-0.4, -0.2) is 47.7 Å². The summed E-state index contributed by atoms with van der Waals surface area (Å²) in [5.41, 5.74) is 5.75. The van der Waals surface area contributed by atoms with Gasteiger partial charge in [0.05, 0.1) is 5.56 Å². The van der Waals surface area contributed by atoms with E-state index in [1.54, 1.807) is 18.2 Å². The quantitative estimate of drug-likeness (QED) is 0.419. The molecule has 5 heteroatoms. The van der Waals surface area contributed by atoms with Crippen molar-refractivity contribution in [3.8, 4) is 22.6 Å². The molecule has 0 fully saturated rings. The van der Waals surface area contributed by atoms with Crippen molar-refractivity contribution in [2.45, 2.75) is 37.6 Å². The molecule has 0 aromatic heterocycles. The summed E-state index contributed by atoms with van der Waals surface area (Å²) in [5, 5.41) is 23.7. The summed E-state index contributed by atoms with van der Waals surface area (Å²) in [6.45, 7) is 0.491. The van der Waals surface area contributed by atoms with Gasteiger partial charge < -0.3 is 20.4 Å². The number of nitrogens with zero attached hydrogens (tertiary/aromatic N) is 1. The highest BCUT2D eigenvalue weighted by Gasteiger charge is 2.39. The highest BCUT2D eigenvalue weighted by molar-refractivity contribution is 5.97. The first-order valence-corrected chi connectivity index (χ1v) is 12.8. The Morgan fingerprint density at radius 3 is 2.36 bits per heavy atom. The smallest absolute Gasteiger partial charge is 0.255 e. The second kappa shape index (κ2) is 10.2. The average molecular weight is 483 g/mol. The maximum absolute atomic E-state index is 13.0. The van der Waals surface area contributed by atoms with Crippen molar-refractivity contribution < 1.29 is 15.0 Å². The molecule has 5 rings (SSSR count). The number of carbonyl (C=O) groups excluding carboxylic acids is 1. The number of allylic oxidation sites excluding steroid dienone is 1. The van der Waals surface area contributed by atoms with Crippen LogP contribution in [0.2, 0.25) is 0 Å². The zero-order chi connectivity index (χ0) is 25.2. The minimum absolute atomic E-state index is 0.158. The summed E-state index contributed by atoms with van der Waals surface area (Å²) in [6.07, 6.45) is 8.14. The molecule has 1 amide bonds. The van der Waals surface area contributed by atoms with Gasteiger partial charge in [0.1, 0.15) is 11.5 Å². The zero-order valence-electron chi connectivity index (χ0n) is 20.9. The van der Waals surface area contributed by atoms with E-state index in [0.29, 0.717) is 30.5 Å². The molecule has 5 nitrogen and oxygen atoms in total. The molecule has 0 spiro atoms. The minimum atomic E-state index is -0.228. The molecular formula is C31H34N2O3. The Hall–Kier alpha value is -3.57. The van der Waals surface area contributed by atoms with Crippen molar-refractivity contribution in [2.24, 2.45) is 5.92 Å². The molecule has 3 aromatic rings. The Labute approximate surface area is 213 Å². The van der Waals surface area contributed by atoms with Gasteiger partial charge in [-0.05, 0) is 92.1 Å². The average Bonchev–Trinajstić information content (AvgIpc) is 2.89. The largest absolute Gasteiger partial charge is 0.508 e. The Kier molecular flexibility index (Phi) is 6.84. The maximum atomic E-state index is 13.0. The normalized spacial score (nSPS) is 20.6. The van der Waals surface area contributed by atoms with Crippen molar-refractivity contribution in [2.75, 3.05) is 20.6 Å². The van der Waals surface area contributed by atoms with Crippen LogP contribution in [0, 0.1) is 5.92 Å². The van der Waals surface area contributed by atoms with Crippen LogP contribution in [0.25, 0.3) is 11.1 Å².